The van der Waals surface area contributed by atoms with Gasteiger partial charge in [0.2, 0.25) is 5.91 Å². The molecule has 1 heterocycles. The van der Waals surface area contributed by atoms with Gasteiger partial charge in [-0.1, -0.05) is 12.1 Å². The number of carboxylic acids is 1. The molecule has 1 atom stereocenters. The van der Waals surface area contributed by atoms with Crippen LogP contribution >= 0.6 is 0 Å². The van der Waals surface area contributed by atoms with Crippen molar-refractivity contribution in [2.24, 2.45) is 5.41 Å². The minimum Gasteiger partial charge on any atom is -0.535 e. The van der Waals surface area contributed by atoms with E-state index >= 15 is 0 Å². The number of nitrogens with one attached hydrogen (secondary N) is 1. The van der Waals surface area contributed by atoms with Crippen LogP contribution in [0, 0.1) is 16.7 Å². The fourth-order valence-corrected chi connectivity index (χ4v) is 2.92. The Kier molecular flexibility index (Phi) is 4.20. The van der Waals surface area contributed by atoms with Crippen molar-refractivity contribution in [3.05, 3.63) is 29.3 Å². The number of rotatable bonds is 5. The highest BCUT2D eigenvalue weighted by Crippen LogP contribution is 2.48. The summed E-state index contributed by atoms with van der Waals surface area (Å²) >= 11 is 0. The Bertz CT molecular complexity index is 726. The fourth-order valence-electron chi connectivity index (χ4n) is 2.92. The number of benzene rings is 1. The molecule has 0 unspecified atom stereocenters. The fraction of sp³-hybridized carbons (Fsp3) is 0.438. The van der Waals surface area contributed by atoms with Gasteiger partial charge in [0.25, 0.3) is 0 Å². The Balaban J connectivity index is 1.62. The van der Waals surface area contributed by atoms with Gasteiger partial charge in [0.05, 0.1) is 17.0 Å². The van der Waals surface area contributed by atoms with Gasteiger partial charge < -0.3 is 20.1 Å². The molecule has 0 aromatic heterocycles. The summed E-state index contributed by atoms with van der Waals surface area (Å²) in [5.41, 5.74) is 0.197. The molecule has 1 aromatic rings. The second kappa shape index (κ2) is 6.17. The molecule has 2 aliphatic rings. The monoisotopic (exact) mass is 328 g/mol. The predicted octanol–water partition coefficient (Wildman–Crippen LogP) is 0.980. The molecule has 3 N–H and O–H groups in total. The SMILES string of the molecule is N#CC1(CC(=O)NC[C@H]2Cc3cccc(C(=O)O)c3OB2O)CC1. The first-order valence-electron chi connectivity index (χ1n) is 7.82. The zero-order chi connectivity index (χ0) is 17.3. The maximum absolute atomic E-state index is 11.9. The van der Waals surface area contributed by atoms with Crippen molar-refractivity contribution in [3.8, 4) is 11.8 Å². The van der Waals surface area contributed by atoms with Crippen molar-refractivity contribution in [3.63, 3.8) is 0 Å². The average molecular weight is 328 g/mol. The summed E-state index contributed by atoms with van der Waals surface area (Å²) < 4.78 is 5.37. The van der Waals surface area contributed by atoms with Gasteiger partial charge in [-0.25, -0.2) is 4.79 Å². The Morgan fingerprint density at radius 2 is 2.21 bits per heavy atom. The first kappa shape index (κ1) is 16.3. The van der Waals surface area contributed by atoms with Crippen LogP contribution in [0.1, 0.15) is 35.2 Å². The number of para-hydroxylation sites is 1. The van der Waals surface area contributed by atoms with Crippen molar-refractivity contribution in [2.75, 3.05) is 6.54 Å². The number of nitriles is 1. The van der Waals surface area contributed by atoms with Gasteiger partial charge in [-0.05, 0) is 30.9 Å². The van der Waals surface area contributed by atoms with Gasteiger partial charge in [0.1, 0.15) is 5.75 Å². The normalized spacial score (nSPS) is 20.3. The second-order valence-corrected chi connectivity index (χ2v) is 6.44. The molecule has 1 saturated carbocycles. The molecule has 1 aliphatic carbocycles. The van der Waals surface area contributed by atoms with Crippen molar-refractivity contribution in [1.29, 1.82) is 5.26 Å². The summed E-state index contributed by atoms with van der Waals surface area (Å²) in [6, 6.07) is 6.97. The molecule has 24 heavy (non-hydrogen) atoms. The quantitative estimate of drug-likeness (QED) is 0.693. The number of nitrogens with zero attached hydrogens (tertiary/aromatic N) is 1. The Hall–Kier alpha value is -2.53. The van der Waals surface area contributed by atoms with E-state index in [2.05, 4.69) is 11.4 Å². The molecule has 3 rings (SSSR count). The third-order valence-corrected chi connectivity index (χ3v) is 4.60. The molecular weight excluding hydrogens is 311 g/mol. The summed E-state index contributed by atoms with van der Waals surface area (Å²) in [5.74, 6) is -1.52. The topological polar surface area (TPSA) is 120 Å². The summed E-state index contributed by atoms with van der Waals surface area (Å²) in [7, 11) is -1.19. The number of carboxylic acid groups (broad SMARTS) is 1. The van der Waals surface area contributed by atoms with Crippen LogP contribution in [0.3, 0.4) is 0 Å². The Morgan fingerprint density at radius 3 is 2.83 bits per heavy atom. The predicted molar refractivity (Wildman–Crippen MR) is 84.4 cm³/mol. The number of fused-ring (bicyclic) bond motifs is 1. The lowest BCUT2D eigenvalue weighted by Gasteiger charge is -2.28. The minimum absolute atomic E-state index is 0.0127. The number of carbonyl (C=O) groups excluding carboxylic acids is 1. The van der Waals surface area contributed by atoms with E-state index < -0.39 is 18.5 Å². The van der Waals surface area contributed by atoms with E-state index in [4.69, 9.17) is 15.0 Å². The van der Waals surface area contributed by atoms with Crippen molar-refractivity contribution < 1.29 is 24.4 Å². The van der Waals surface area contributed by atoms with E-state index in [0.717, 1.165) is 12.8 Å². The standard InChI is InChI=1S/C16H17BN2O5/c18-9-16(4-5-16)7-13(20)19-8-11-6-10-2-1-3-12(15(21)22)14(10)24-17(11)23/h1-3,11,23H,4-8H2,(H,19,20)(H,21,22)/t11-/m1/s1. The highest BCUT2D eigenvalue weighted by Gasteiger charge is 2.45. The molecular formula is C16H17BN2O5. The lowest BCUT2D eigenvalue weighted by molar-refractivity contribution is -0.121. The summed E-state index contributed by atoms with van der Waals surface area (Å²) in [6.45, 7) is 0.207. The number of amides is 1. The van der Waals surface area contributed by atoms with Gasteiger partial charge in [0, 0.05) is 18.8 Å². The van der Waals surface area contributed by atoms with Crippen LogP contribution in [0.5, 0.6) is 5.75 Å². The molecule has 7 nitrogen and oxygen atoms in total. The second-order valence-electron chi connectivity index (χ2n) is 6.44. The van der Waals surface area contributed by atoms with E-state index in [1.165, 1.54) is 6.07 Å². The molecule has 1 aliphatic heterocycles. The minimum atomic E-state index is -1.19. The highest BCUT2D eigenvalue weighted by atomic mass is 16.5. The largest absolute Gasteiger partial charge is 0.535 e. The van der Waals surface area contributed by atoms with Gasteiger partial charge in [-0.3, -0.25) is 4.79 Å². The average Bonchev–Trinajstić information content (AvgIpc) is 3.32. The van der Waals surface area contributed by atoms with Crippen molar-refractivity contribution in [2.45, 2.75) is 31.5 Å². The van der Waals surface area contributed by atoms with Crippen LogP contribution in [0.4, 0.5) is 0 Å². The lowest BCUT2D eigenvalue weighted by atomic mass is 9.66. The third-order valence-electron chi connectivity index (χ3n) is 4.60. The van der Waals surface area contributed by atoms with Crippen LogP contribution in [0.25, 0.3) is 0 Å². The molecule has 0 bridgehead atoms. The third kappa shape index (κ3) is 3.21. The van der Waals surface area contributed by atoms with Gasteiger partial charge >= 0.3 is 13.1 Å². The Labute approximate surface area is 139 Å². The number of aromatic carboxylic acids is 1. The van der Waals surface area contributed by atoms with Gasteiger partial charge in [-0.2, -0.15) is 5.26 Å². The molecule has 124 valence electrons. The summed E-state index contributed by atoms with van der Waals surface area (Å²) in [6.07, 6.45) is 2.07. The number of hydrogen-bond acceptors (Lipinski definition) is 5. The summed E-state index contributed by atoms with van der Waals surface area (Å²) in [4.78, 5) is 23.1. The molecule has 8 heteroatoms. The van der Waals surface area contributed by atoms with E-state index in [-0.39, 0.29) is 36.0 Å². The van der Waals surface area contributed by atoms with Crippen LogP contribution in [0.2, 0.25) is 5.82 Å². The zero-order valence-electron chi connectivity index (χ0n) is 13.0. The molecule has 1 fully saturated rings. The van der Waals surface area contributed by atoms with Crippen LogP contribution < -0.4 is 9.97 Å². The molecule has 0 spiro atoms. The van der Waals surface area contributed by atoms with Crippen molar-refractivity contribution in [1.82, 2.24) is 5.32 Å². The van der Waals surface area contributed by atoms with Crippen LogP contribution in [0.15, 0.2) is 18.2 Å². The molecule has 0 saturated heterocycles. The van der Waals surface area contributed by atoms with E-state index in [1.807, 2.05) is 0 Å². The van der Waals surface area contributed by atoms with Gasteiger partial charge in [0.15, 0.2) is 0 Å². The molecule has 1 aromatic carbocycles. The van der Waals surface area contributed by atoms with Gasteiger partial charge in [-0.15, -0.1) is 0 Å². The van der Waals surface area contributed by atoms with Crippen LogP contribution in [-0.2, 0) is 11.2 Å². The molecule has 1 amide bonds. The van der Waals surface area contributed by atoms with Crippen LogP contribution in [-0.4, -0.2) is 35.7 Å². The summed E-state index contributed by atoms with van der Waals surface area (Å²) in [5, 5.41) is 31.0. The van der Waals surface area contributed by atoms with E-state index in [1.54, 1.807) is 12.1 Å². The lowest BCUT2D eigenvalue weighted by Crippen LogP contribution is -2.41. The maximum atomic E-state index is 11.9. The van der Waals surface area contributed by atoms with E-state index in [9.17, 15) is 14.6 Å². The maximum Gasteiger partial charge on any atom is 0.528 e. The zero-order valence-corrected chi connectivity index (χ0v) is 13.0. The molecule has 0 radical (unpaired) electrons. The highest BCUT2D eigenvalue weighted by molar-refractivity contribution is 6.46. The Morgan fingerprint density at radius 1 is 1.46 bits per heavy atom. The van der Waals surface area contributed by atoms with E-state index in [0.29, 0.717) is 12.0 Å². The number of hydrogen-bond donors (Lipinski definition) is 3. The smallest absolute Gasteiger partial charge is 0.528 e. The van der Waals surface area contributed by atoms with Crippen molar-refractivity contribution >= 4 is 19.0 Å². The number of carbonyl (C=O) groups is 2. The first-order chi connectivity index (χ1) is 11.4. The first-order valence-corrected chi connectivity index (χ1v) is 7.82.